The average Bonchev–Trinajstić information content (AvgIpc) is 3.13. The number of fused-ring (bicyclic) bond motifs is 1. The summed E-state index contributed by atoms with van der Waals surface area (Å²) in [5, 5.41) is 0.977. The molecule has 27 heavy (non-hydrogen) atoms. The van der Waals surface area contributed by atoms with Crippen molar-refractivity contribution in [2.75, 3.05) is 26.9 Å². The number of aryl methyl sites for hydroxylation is 1. The molecule has 0 atom stereocenters. The third-order valence-corrected chi connectivity index (χ3v) is 4.42. The molecule has 5 nitrogen and oxygen atoms in total. The van der Waals surface area contributed by atoms with Crippen molar-refractivity contribution in [2.45, 2.75) is 19.4 Å². The minimum absolute atomic E-state index is 0.0919. The van der Waals surface area contributed by atoms with Gasteiger partial charge in [0.15, 0.2) is 6.61 Å². The number of hydrogen-bond acceptors (Lipinski definition) is 4. The van der Waals surface area contributed by atoms with Crippen LogP contribution in [0, 0.1) is 0 Å². The Morgan fingerprint density at radius 2 is 1.85 bits per heavy atom. The van der Waals surface area contributed by atoms with Crippen molar-refractivity contribution in [3.63, 3.8) is 0 Å². The van der Waals surface area contributed by atoms with Crippen molar-refractivity contribution in [3.05, 3.63) is 66.4 Å². The summed E-state index contributed by atoms with van der Waals surface area (Å²) in [6.45, 7) is 2.09. The Hall–Kier alpha value is -2.79. The number of carbonyl (C=O) groups is 1. The number of ether oxygens (including phenoxy) is 3. The Morgan fingerprint density at radius 1 is 1.00 bits per heavy atom. The summed E-state index contributed by atoms with van der Waals surface area (Å²) >= 11 is 0. The van der Waals surface area contributed by atoms with Crippen LogP contribution in [0.2, 0.25) is 0 Å². The van der Waals surface area contributed by atoms with Gasteiger partial charge < -0.3 is 18.8 Å². The Labute approximate surface area is 159 Å². The lowest BCUT2D eigenvalue weighted by Gasteiger charge is -2.09. The van der Waals surface area contributed by atoms with Crippen LogP contribution in [-0.4, -0.2) is 37.5 Å². The van der Waals surface area contributed by atoms with Gasteiger partial charge in [-0.1, -0.05) is 36.4 Å². The fourth-order valence-corrected chi connectivity index (χ4v) is 3.00. The zero-order valence-electron chi connectivity index (χ0n) is 15.6. The molecule has 0 unspecified atom stereocenters. The molecule has 0 bridgehead atoms. The van der Waals surface area contributed by atoms with Crippen LogP contribution in [0.1, 0.15) is 12.0 Å². The highest BCUT2D eigenvalue weighted by Crippen LogP contribution is 2.26. The molecule has 0 aliphatic rings. The second-order valence-electron chi connectivity index (χ2n) is 6.26. The predicted octanol–water partition coefficient (Wildman–Crippen LogP) is 3.84. The fraction of sp³-hybridized carbons (Fsp3) is 0.318. The molecule has 1 heterocycles. The first-order valence-electron chi connectivity index (χ1n) is 9.17. The van der Waals surface area contributed by atoms with E-state index in [1.165, 1.54) is 12.7 Å². The van der Waals surface area contributed by atoms with Crippen LogP contribution in [0.3, 0.4) is 0 Å². The van der Waals surface area contributed by atoms with Gasteiger partial charge in [0.25, 0.3) is 0 Å². The van der Waals surface area contributed by atoms with Gasteiger partial charge in [-0.25, -0.2) is 4.79 Å². The second kappa shape index (κ2) is 9.78. The molecular weight excluding hydrogens is 342 g/mol. The monoisotopic (exact) mass is 367 g/mol. The minimum atomic E-state index is -0.393. The minimum Gasteiger partial charge on any atom is -0.481 e. The van der Waals surface area contributed by atoms with Gasteiger partial charge in [-0.3, -0.25) is 0 Å². The van der Waals surface area contributed by atoms with E-state index >= 15 is 0 Å². The van der Waals surface area contributed by atoms with Gasteiger partial charge >= 0.3 is 5.97 Å². The van der Waals surface area contributed by atoms with Crippen molar-refractivity contribution < 1.29 is 19.0 Å². The SMILES string of the molecule is COC(=O)COc1cccc2c1ccn2CCOCCCc1ccccc1. The first kappa shape index (κ1) is 19.0. The van der Waals surface area contributed by atoms with Gasteiger partial charge in [0.1, 0.15) is 5.75 Å². The molecule has 142 valence electrons. The smallest absolute Gasteiger partial charge is 0.343 e. The molecule has 3 aromatic rings. The van der Waals surface area contributed by atoms with Crippen LogP contribution in [-0.2, 0) is 27.2 Å². The van der Waals surface area contributed by atoms with Gasteiger partial charge in [-0.15, -0.1) is 0 Å². The van der Waals surface area contributed by atoms with Crippen molar-refractivity contribution in [3.8, 4) is 5.75 Å². The zero-order valence-corrected chi connectivity index (χ0v) is 15.6. The van der Waals surface area contributed by atoms with Gasteiger partial charge in [0.05, 0.1) is 19.2 Å². The van der Waals surface area contributed by atoms with E-state index < -0.39 is 5.97 Å². The molecule has 0 amide bonds. The highest BCUT2D eigenvalue weighted by molar-refractivity contribution is 5.86. The number of esters is 1. The van der Waals surface area contributed by atoms with Gasteiger partial charge in [-0.05, 0) is 36.6 Å². The van der Waals surface area contributed by atoms with Crippen molar-refractivity contribution in [1.29, 1.82) is 0 Å². The molecule has 0 N–H and O–H groups in total. The number of hydrogen-bond donors (Lipinski definition) is 0. The van der Waals surface area contributed by atoms with Crippen LogP contribution in [0.5, 0.6) is 5.75 Å². The molecule has 0 fully saturated rings. The van der Waals surface area contributed by atoms with Crippen LogP contribution in [0.15, 0.2) is 60.8 Å². The first-order valence-corrected chi connectivity index (χ1v) is 9.17. The molecule has 0 spiro atoms. The number of aromatic nitrogens is 1. The van der Waals surface area contributed by atoms with E-state index in [9.17, 15) is 4.79 Å². The number of benzene rings is 2. The summed E-state index contributed by atoms with van der Waals surface area (Å²) in [5.74, 6) is 0.288. The lowest BCUT2D eigenvalue weighted by atomic mass is 10.1. The number of rotatable bonds is 10. The number of carbonyl (C=O) groups excluding carboxylic acids is 1. The number of methoxy groups -OCH3 is 1. The van der Waals surface area contributed by atoms with E-state index in [0.717, 1.165) is 36.9 Å². The highest BCUT2D eigenvalue weighted by atomic mass is 16.6. The lowest BCUT2D eigenvalue weighted by Crippen LogP contribution is -2.12. The van der Waals surface area contributed by atoms with Crippen LogP contribution in [0.25, 0.3) is 10.9 Å². The Morgan fingerprint density at radius 3 is 2.67 bits per heavy atom. The second-order valence-corrected chi connectivity index (χ2v) is 6.26. The largest absolute Gasteiger partial charge is 0.481 e. The predicted molar refractivity (Wildman–Crippen MR) is 105 cm³/mol. The maximum atomic E-state index is 11.3. The van der Waals surface area contributed by atoms with E-state index in [4.69, 9.17) is 9.47 Å². The molecule has 0 aliphatic heterocycles. The summed E-state index contributed by atoms with van der Waals surface area (Å²) in [7, 11) is 1.35. The Balaban J connectivity index is 1.47. The summed E-state index contributed by atoms with van der Waals surface area (Å²) in [4.78, 5) is 11.3. The Bertz CT molecular complexity index is 857. The van der Waals surface area contributed by atoms with Crippen LogP contribution >= 0.6 is 0 Å². The summed E-state index contributed by atoms with van der Waals surface area (Å²) < 4.78 is 18.1. The number of nitrogens with zero attached hydrogens (tertiary/aromatic N) is 1. The Kier molecular flexibility index (Phi) is 6.88. The molecule has 0 radical (unpaired) electrons. The van der Waals surface area contributed by atoms with Crippen molar-refractivity contribution >= 4 is 16.9 Å². The van der Waals surface area contributed by atoms with Crippen molar-refractivity contribution in [1.82, 2.24) is 4.57 Å². The average molecular weight is 367 g/mol. The molecular formula is C22H25NO4. The van der Waals surface area contributed by atoms with E-state index in [0.29, 0.717) is 12.4 Å². The van der Waals surface area contributed by atoms with Crippen LogP contribution < -0.4 is 4.74 Å². The highest BCUT2D eigenvalue weighted by Gasteiger charge is 2.08. The van der Waals surface area contributed by atoms with E-state index in [1.807, 2.05) is 36.5 Å². The van der Waals surface area contributed by atoms with E-state index in [-0.39, 0.29) is 6.61 Å². The van der Waals surface area contributed by atoms with Crippen molar-refractivity contribution in [2.24, 2.45) is 0 Å². The maximum Gasteiger partial charge on any atom is 0.343 e. The standard InChI is InChI=1S/C22H25NO4/c1-25-22(24)17-27-21-11-5-10-20-19(21)12-13-23(20)14-16-26-15-6-9-18-7-3-2-4-8-18/h2-5,7-8,10-13H,6,9,14-17H2,1H3. The molecule has 5 heteroatoms. The topological polar surface area (TPSA) is 49.7 Å². The van der Waals surface area contributed by atoms with E-state index in [2.05, 4.69) is 33.6 Å². The van der Waals surface area contributed by atoms with Gasteiger partial charge in [-0.2, -0.15) is 0 Å². The van der Waals surface area contributed by atoms with E-state index in [1.54, 1.807) is 0 Å². The summed E-state index contributed by atoms with van der Waals surface area (Å²) in [6.07, 6.45) is 4.07. The first-order chi connectivity index (χ1) is 13.3. The molecule has 0 saturated carbocycles. The third kappa shape index (κ3) is 5.34. The molecule has 3 rings (SSSR count). The van der Waals surface area contributed by atoms with Gasteiger partial charge in [0, 0.05) is 24.7 Å². The maximum absolute atomic E-state index is 11.3. The molecule has 2 aromatic carbocycles. The lowest BCUT2D eigenvalue weighted by molar-refractivity contribution is -0.142. The van der Waals surface area contributed by atoms with Crippen LogP contribution in [0.4, 0.5) is 0 Å². The summed E-state index contributed by atoms with van der Waals surface area (Å²) in [6, 6.07) is 18.3. The quantitative estimate of drug-likeness (QED) is 0.403. The molecule has 0 saturated heterocycles. The molecule has 1 aromatic heterocycles. The fourth-order valence-electron chi connectivity index (χ4n) is 3.00. The normalized spacial score (nSPS) is 10.9. The molecule has 0 aliphatic carbocycles. The van der Waals surface area contributed by atoms with Gasteiger partial charge in [0.2, 0.25) is 0 Å². The third-order valence-electron chi connectivity index (χ3n) is 4.42. The summed E-state index contributed by atoms with van der Waals surface area (Å²) in [5.41, 5.74) is 2.40. The zero-order chi connectivity index (χ0) is 18.9.